The molecule has 1 aliphatic heterocycles. The predicted octanol–water partition coefficient (Wildman–Crippen LogP) is 3.12. The van der Waals surface area contributed by atoms with Crippen LogP contribution in [-0.2, 0) is 9.53 Å². The summed E-state index contributed by atoms with van der Waals surface area (Å²) in [6, 6.07) is 10.7. The van der Waals surface area contributed by atoms with Crippen LogP contribution in [0.2, 0.25) is 0 Å². The molecule has 148 valence electrons. The minimum absolute atomic E-state index is 0.239. The maximum atomic E-state index is 13.8. The first kappa shape index (κ1) is 20.5. The van der Waals surface area contributed by atoms with Crippen molar-refractivity contribution < 1.29 is 18.7 Å². The van der Waals surface area contributed by atoms with Gasteiger partial charge in [0, 0.05) is 18.2 Å². The third-order valence-corrected chi connectivity index (χ3v) is 4.78. The number of carbonyl (C=O) groups excluding carboxylic acids is 2. The fraction of sp³-hybridized carbons (Fsp3) is 0.190. The van der Waals surface area contributed by atoms with E-state index >= 15 is 0 Å². The molecule has 1 fully saturated rings. The number of rotatable bonds is 4. The third kappa shape index (κ3) is 4.45. The number of amides is 2. The number of nitrogens with two attached hydrogens (primary N) is 1. The van der Waals surface area contributed by atoms with E-state index < -0.39 is 17.8 Å². The lowest BCUT2D eigenvalue weighted by atomic mass is 9.94. The second-order valence-electron chi connectivity index (χ2n) is 6.43. The molecule has 2 amide bonds. The maximum absolute atomic E-state index is 13.8. The number of morpholine rings is 1. The maximum Gasteiger partial charge on any atom is 0.251 e. The van der Waals surface area contributed by atoms with Crippen molar-refractivity contribution in [3.05, 3.63) is 70.5 Å². The molecule has 0 aliphatic carbocycles. The first-order chi connectivity index (χ1) is 13.9. The summed E-state index contributed by atoms with van der Waals surface area (Å²) in [5.74, 6) is -1.87. The van der Waals surface area contributed by atoms with Crippen molar-refractivity contribution in [1.82, 2.24) is 4.90 Å². The highest BCUT2D eigenvalue weighted by atomic mass is 35.5. The van der Waals surface area contributed by atoms with Gasteiger partial charge < -0.3 is 15.4 Å². The summed E-state index contributed by atoms with van der Waals surface area (Å²) >= 11 is 5.54. The molecule has 0 saturated carbocycles. The lowest BCUT2D eigenvalue weighted by Gasteiger charge is -2.35. The molecule has 0 radical (unpaired) electrons. The SMILES string of the molecule is N#Cc1cc(-c2ccc(F)c(C(N)=O)c2)cc([C@H]2COCCN2C(=O)/C=C\Cl)c1. The minimum Gasteiger partial charge on any atom is -0.377 e. The number of ether oxygens (including phenoxy) is 1. The van der Waals surface area contributed by atoms with Gasteiger partial charge in [0.2, 0.25) is 5.91 Å². The Morgan fingerprint density at radius 3 is 2.76 bits per heavy atom. The van der Waals surface area contributed by atoms with Gasteiger partial charge in [0.25, 0.3) is 5.91 Å². The van der Waals surface area contributed by atoms with E-state index in [1.165, 1.54) is 18.2 Å². The molecule has 29 heavy (non-hydrogen) atoms. The molecule has 3 rings (SSSR count). The van der Waals surface area contributed by atoms with E-state index in [-0.39, 0.29) is 18.1 Å². The lowest BCUT2D eigenvalue weighted by molar-refractivity contribution is -0.134. The number of primary amides is 1. The van der Waals surface area contributed by atoms with E-state index in [1.807, 2.05) is 0 Å². The van der Waals surface area contributed by atoms with Crippen LogP contribution in [0.15, 0.2) is 48.0 Å². The van der Waals surface area contributed by atoms with E-state index in [0.29, 0.717) is 35.4 Å². The zero-order chi connectivity index (χ0) is 21.0. The van der Waals surface area contributed by atoms with Crippen LogP contribution < -0.4 is 5.73 Å². The third-order valence-electron chi connectivity index (χ3n) is 4.65. The highest BCUT2D eigenvalue weighted by Crippen LogP contribution is 2.31. The summed E-state index contributed by atoms with van der Waals surface area (Å²) in [4.78, 5) is 25.5. The van der Waals surface area contributed by atoms with E-state index in [0.717, 1.165) is 11.6 Å². The number of benzene rings is 2. The fourth-order valence-corrected chi connectivity index (χ4v) is 3.37. The summed E-state index contributed by atoms with van der Waals surface area (Å²) in [6.07, 6.45) is 1.26. The zero-order valence-electron chi connectivity index (χ0n) is 15.3. The Kier molecular flexibility index (Phi) is 6.27. The van der Waals surface area contributed by atoms with Crippen LogP contribution >= 0.6 is 11.6 Å². The second-order valence-corrected chi connectivity index (χ2v) is 6.68. The minimum atomic E-state index is -0.883. The molecule has 0 spiro atoms. The Balaban J connectivity index is 2.08. The van der Waals surface area contributed by atoms with Gasteiger partial charge in [0.15, 0.2) is 0 Å². The average Bonchev–Trinajstić information content (AvgIpc) is 2.73. The smallest absolute Gasteiger partial charge is 0.251 e. The molecule has 1 saturated heterocycles. The van der Waals surface area contributed by atoms with Crippen LogP contribution in [-0.4, -0.2) is 36.5 Å². The van der Waals surface area contributed by atoms with Crippen molar-refractivity contribution in [2.45, 2.75) is 6.04 Å². The molecular formula is C21H17ClFN3O3. The Morgan fingerprint density at radius 2 is 2.07 bits per heavy atom. The molecule has 0 bridgehead atoms. The van der Waals surface area contributed by atoms with Gasteiger partial charge >= 0.3 is 0 Å². The van der Waals surface area contributed by atoms with Gasteiger partial charge in [-0.1, -0.05) is 17.7 Å². The van der Waals surface area contributed by atoms with E-state index in [2.05, 4.69) is 6.07 Å². The van der Waals surface area contributed by atoms with Crippen molar-refractivity contribution in [2.75, 3.05) is 19.8 Å². The van der Waals surface area contributed by atoms with Gasteiger partial charge in [-0.15, -0.1) is 0 Å². The number of carbonyl (C=O) groups is 2. The standard InChI is InChI=1S/C21H17ClFN3O3/c22-4-3-20(27)26-5-6-29-12-19(26)16-8-13(11-24)7-15(9-16)14-1-2-18(23)17(10-14)21(25)28/h1-4,7-10,19H,5-6,12H2,(H2,25,28)/b4-3-/t19-/m1/s1. The van der Waals surface area contributed by atoms with Crippen LogP contribution in [0.5, 0.6) is 0 Å². The van der Waals surface area contributed by atoms with Crippen LogP contribution in [0.25, 0.3) is 11.1 Å². The van der Waals surface area contributed by atoms with Gasteiger partial charge in [-0.05, 0) is 47.0 Å². The average molecular weight is 414 g/mol. The van der Waals surface area contributed by atoms with Crippen LogP contribution in [0.3, 0.4) is 0 Å². The molecule has 1 heterocycles. The molecule has 2 aromatic rings. The Bertz CT molecular complexity index is 1030. The zero-order valence-corrected chi connectivity index (χ0v) is 16.0. The highest BCUT2D eigenvalue weighted by molar-refractivity contribution is 6.26. The van der Waals surface area contributed by atoms with Crippen LogP contribution in [0.4, 0.5) is 4.39 Å². The summed E-state index contributed by atoms with van der Waals surface area (Å²) in [6.45, 7) is 1.02. The van der Waals surface area contributed by atoms with Gasteiger partial charge in [-0.2, -0.15) is 5.26 Å². The highest BCUT2D eigenvalue weighted by Gasteiger charge is 2.28. The van der Waals surface area contributed by atoms with Crippen molar-refractivity contribution in [1.29, 1.82) is 5.26 Å². The quantitative estimate of drug-likeness (QED) is 0.779. The number of hydrogen-bond donors (Lipinski definition) is 1. The number of nitrogens with zero attached hydrogens (tertiary/aromatic N) is 2. The summed E-state index contributed by atoms with van der Waals surface area (Å²) < 4.78 is 19.4. The Hall–Kier alpha value is -3.21. The van der Waals surface area contributed by atoms with Gasteiger partial charge in [0.05, 0.1) is 36.5 Å². The molecule has 0 aromatic heterocycles. The van der Waals surface area contributed by atoms with Gasteiger partial charge in [0.1, 0.15) is 5.82 Å². The Labute approximate surface area is 171 Å². The first-order valence-corrected chi connectivity index (χ1v) is 9.18. The molecule has 1 aliphatic rings. The Morgan fingerprint density at radius 1 is 1.28 bits per heavy atom. The number of halogens is 2. The molecule has 1 atom stereocenters. The number of hydrogen-bond acceptors (Lipinski definition) is 4. The van der Waals surface area contributed by atoms with Gasteiger partial charge in [-0.25, -0.2) is 4.39 Å². The molecule has 0 unspecified atom stereocenters. The van der Waals surface area contributed by atoms with Crippen molar-refractivity contribution in [3.8, 4) is 17.2 Å². The predicted molar refractivity (Wildman–Crippen MR) is 105 cm³/mol. The fourth-order valence-electron chi connectivity index (χ4n) is 3.26. The number of nitriles is 1. The first-order valence-electron chi connectivity index (χ1n) is 8.74. The van der Waals surface area contributed by atoms with Gasteiger partial charge in [-0.3, -0.25) is 9.59 Å². The molecule has 2 N–H and O–H groups in total. The van der Waals surface area contributed by atoms with Crippen LogP contribution in [0.1, 0.15) is 27.5 Å². The van der Waals surface area contributed by atoms with Crippen molar-refractivity contribution in [2.24, 2.45) is 5.73 Å². The molecule has 2 aromatic carbocycles. The largest absolute Gasteiger partial charge is 0.377 e. The molecular weight excluding hydrogens is 397 g/mol. The van der Waals surface area contributed by atoms with E-state index in [1.54, 1.807) is 23.1 Å². The monoisotopic (exact) mass is 413 g/mol. The summed E-state index contributed by atoms with van der Waals surface area (Å²) in [5.41, 5.74) is 8.29. The second kappa shape index (κ2) is 8.86. The summed E-state index contributed by atoms with van der Waals surface area (Å²) in [5, 5.41) is 9.45. The topological polar surface area (TPSA) is 96.4 Å². The lowest BCUT2D eigenvalue weighted by Crippen LogP contribution is -2.42. The van der Waals surface area contributed by atoms with E-state index in [4.69, 9.17) is 22.1 Å². The van der Waals surface area contributed by atoms with Crippen molar-refractivity contribution >= 4 is 23.4 Å². The van der Waals surface area contributed by atoms with E-state index in [9.17, 15) is 19.2 Å². The summed E-state index contributed by atoms with van der Waals surface area (Å²) in [7, 11) is 0. The normalized spacial score (nSPS) is 16.6. The van der Waals surface area contributed by atoms with Crippen molar-refractivity contribution in [3.63, 3.8) is 0 Å². The van der Waals surface area contributed by atoms with Crippen LogP contribution in [0, 0.1) is 17.1 Å². The molecule has 8 heteroatoms. The molecule has 6 nitrogen and oxygen atoms in total.